The monoisotopic (exact) mass is 487 g/mol. The summed E-state index contributed by atoms with van der Waals surface area (Å²) in [4.78, 5) is 30.4. The summed E-state index contributed by atoms with van der Waals surface area (Å²) in [5.41, 5.74) is 2.12. The van der Waals surface area contributed by atoms with Crippen LogP contribution in [0.1, 0.15) is 18.7 Å². The largest absolute Gasteiger partial charge is 0.454 e. The molecular formula is C20H16BrN4O4S+. The zero-order valence-electron chi connectivity index (χ0n) is 16.0. The number of amides is 1. The number of carbonyl (C=O) groups excluding carboxylic acids is 1. The molecule has 5 rings (SSSR count). The number of para-hydroxylation sites is 1. The van der Waals surface area contributed by atoms with Gasteiger partial charge in [-0.15, -0.1) is 0 Å². The number of ether oxygens (including phenoxy) is 2. The summed E-state index contributed by atoms with van der Waals surface area (Å²) in [5.74, 6) is 1.01. The topological polar surface area (TPSA) is 88.4 Å². The first-order valence-corrected chi connectivity index (χ1v) is 11.1. The molecule has 0 fully saturated rings. The summed E-state index contributed by atoms with van der Waals surface area (Å²) in [5, 5.41) is 5.11. The third-order valence-electron chi connectivity index (χ3n) is 5.06. The van der Waals surface area contributed by atoms with Gasteiger partial charge in [-0.05, 0) is 35.2 Å². The Bertz CT molecular complexity index is 1260. The van der Waals surface area contributed by atoms with Crippen molar-refractivity contribution in [3.63, 3.8) is 0 Å². The van der Waals surface area contributed by atoms with E-state index in [1.807, 2.05) is 36.6 Å². The first-order valence-electron chi connectivity index (χ1n) is 9.08. The van der Waals surface area contributed by atoms with E-state index in [-0.39, 0.29) is 18.3 Å². The maximum Gasteiger partial charge on any atom is 0.325 e. The normalized spacial score (nSPS) is 16.2. The van der Waals surface area contributed by atoms with Gasteiger partial charge in [-0.3, -0.25) is 14.6 Å². The number of anilines is 1. The van der Waals surface area contributed by atoms with Gasteiger partial charge in [0.05, 0.1) is 16.8 Å². The Morgan fingerprint density at radius 3 is 2.77 bits per heavy atom. The molecule has 1 atom stereocenters. The number of halogens is 1. The van der Waals surface area contributed by atoms with Crippen molar-refractivity contribution in [1.82, 2.24) is 10.1 Å². The lowest BCUT2D eigenvalue weighted by Gasteiger charge is -2.31. The highest BCUT2D eigenvalue weighted by molar-refractivity contribution is 9.10. The molecule has 30 heavy (non-hydrogen) atoms. The van der Waals surface area contributed by atoms with Crippen LogP contribution in [0, 0.1) is 0 Å². The molecule has 1 N–H and O–H groups in total. The Morgan fingerprint density at radius 1 is 1.30 bits per heavy atom. The van der Waals surface area contributed by atoms with Crippen molar-refractivity contribution in [3.8, 4) is 22.8 Å². The molecule has 0 saturated heterocycles. The molecule has 8 nitrogen and oxygen atoms in total. The summed E-state index contributed by atoms with van der Waals surface area (Å²) in [6.07, 6.45) is 1.14. The fourth-order valence-electron chi connectivity index (χ4n) is 3.82. The van der Waals surface area contributed by atoms with Gasteiger partial charge in [0, 0.05) is 16.5 Å². The Hall–Kier alpha value is -2.85. The van der Waals surface area contributed by atoms with Crippen molar-refractivity contribution < 1.29 is 19.0 Å². The minimum Gasteiger partial charge on any atom is -0.454 e. The molecule has 0 unspecified atom stereocenters. The van der Waals surface area contributed by atoms with E-state index in [9.17, 15) is 9.59 Å². The molecule has 1 amide bonds. The number of aromatic amines is 1. The number of nitrogens with one attached hydrogen (secondary N) is 1. The van der Waals surface area contributed by atoms with Gasteiger partial charge in [-0.25, -0.2) is 4.90 Å². The Labute approximate surface area is 183 Å². The van der Waals surface area contributed by atoms with Crippen molar-refractivity contribution in [2.75, 3.05) is 17.9 Å². The van der Waals surface area contributed by atoms with Crippen molar-refractivity contribution in [2.45, 2.75) is 18.2 Å². The van der Waals surface area contributed by atoms with E-state index >= 15 is 0 Å². The lowest BCUT2D eigenvalue weighted by molar-refractivity contribution is -0.763. The van der Waals surface area contributed by atoms with Gasteiger partial charge in [0.25, 0.3) is 6.17 Å². The Balaban J connectivity index is 1.86. The van der Waals surface area contributed by atoms with Crippen molar-refractivity contribution >= 4 is 39.3 Å². The van der Waals surface area contributed by atoms with Crippen LogP contribution in [-0.2, 0) is 4.79 Å². The maximum atomic E-state index is 13.0. The number of hydrogen-bond acceptors (Lipinski definition) is 6. The van der Waals surface area contributed by atoms with Crippen molar-refractivity contribution in [2.24, 2.45) is 0 Å². The van der Waals surface area contributed by atoms with Crippen LogP contribution < -0.4 is 24.6 Å². The molecule has 2 aliphatic heterocycles. The third-order valence-corrected chi connectivity index (χ3v) is 6.32. The number of H-pyrrole nitrogens is 1. The van der Waals surface area contributed by atoms with E-state index in [1.165, 1.54) is 18.7 Å². The maximum absolute atomic E-state index is 13.0. The Morgan fingerprint density at radius 2 is 2.03 bits per heavy atom. The molecule has 3 aromatic rings. The van der Waals surface area contributed by atoms with E-state index in [1.54, 1.807) is 15.6 Å². The molecule has 2 aromatic carbocycles. The zero-order chi connectivity index (χ0) is 21.0. The number of benzene rings is 2. The van der Waals surface area contributed by atoms with Gasteiger partial charge in [-0.1, -0.05) is 39.8 Å². The van der Waals surface area contributed by atoms with Crippen molar-refractivity contribution in [3.05, 3.63) is 56.8 Å². The average molecular weight is 488 g/mol. The van der Waals surface area contributed by atoms with Gasteiger partial charge >= 0.3 is 11.3 Å². The molecule has 0 saturated carbocycles. The molecular weight excluding hydrogens is 472 g/mol. The highest BCUT2D eigenvalue weighted by Crippen LogP contribution is 2.43. The lowest BCUT2D eigenvalue weighted by atomic mass is 10.0. The van der Waals surface area contributed by atoms with Crippen LogP contribution in [0.25, 0.3) is 11.3 Å². The van der Waals surface area contributed by atoms with Gasteiger partial charge in [0.1, 0.15) is 0 Å². The second-order valence-electron chi connectivity index (χ2n) is 6.76. The first-order chi connectivity index (χ1) is 14.5. The van der Waals surface area contributed by atoms with Gasteiger partial charge in [-0.2, -0.15) is 0 Å². The quantitative estimate of drug-likeness (QED) is 0.441. The van der Waals surface area contributed by atoms with E-state index in [2.05, 4.69) is 26.0 Å². The molecule has 0 aliphatic carbocycles. The third kappa shape index (κ3) is 2.82. The predicted octanol–water partition coefficient (Wildman–Crippen LogP) is 2.85. The van der Waals surface area contributed by atoms with Crippen molar-refractivity contribution in [1.29, 1.82) is 0 Å². The number of thioether (sulfide) groups is 1. The summed E-state index contributed by atoms with van der Waals surface area (Å²) in [6.45, 7) is 1.63. The molecule has 0 spiro atoms. The molecule has 0 radical (unpaired) electrons. The zero-order valence-corrected chi connectivity index (χ0v) is 18.4. The van der Waals surface area contributed by atoms with Crippen LogP contribution in [0.5, 0.6) is 11.5 Å². The van der Waals surface area contributed by atoms with Gasteiger partial charge in [0.15, 0.2) is 11.5 Å². The van der Waals surface area contributed by atoms with Crippen LogP contribution in [0.15, 0.2) is 50.8 Å². The van der Waals surface area contributed by atoms with E-state index < -0.39 is 6.17 Å². The number of hydrogen-bond donors (Lipinski definition) is 1. The van der Waals surface area contributed by atoms with Gasteiger partial charge in [0.2, 0.25) is 17.9 Å². The molecule has 10 heteroatoms. The summed E-state index contributed by atoms with van der Waals surface area (Å²) >= 11 is 4.92. The highest BCUT2D eigenvalue weighted by Gasteiger charge is 2.46. The molecule has 152 valence electrons. The number of aromatic nitrogens is 3. The van der Waals surface area contributed by atoms with E-state index in [0.717, 1.165) is 5.56 Å². The predicted molar refractivity (Wildman–Crippen MR) is 114 cm³/mol. The number of carbonyl (C=O) groups is 1. The molecule has 2 aliphatic rings. The number of rotatable bonds is 2. The number of fused-ring (bicyclic) bond motifs is 4. The summed E-state index contributed by atoms with van der Waals surface area (Å²) in [6, 6.07) is 10.9. The lowest BCUT2D eigenvalue weighted by Crippen LogP contribution is -2.60. The van der Waals surface area contributed by atoms with Crippen LogP contribution in [0.4, 0.5) is 5.69 Å². The molecule has 0 bridgehead atoms. The minimum atomic E-state index is -0.690. The van der Waals surface area contributed by atoms with Crippen LogP contribution in [-0.4, -0.2) is 29.0 Å². The Kier molecular flexibility index (Phi) is 4.55. The smallest absolute Gasteiger partial charge is 0.325 e. The van der Waals surface area contributed by atoms with Crippen LogP contribution >= 0.6 is 27.7 Å². The second-order valence-corrected chi connectivity index (χ2v) is 8.41. The standard InChI is InChI=1S/C20H15BrN4O4S/c1-10(26)24-14-6-4-3-5-11(14)17-18(27)22-20(30-2)23-25(17)19(24)12-7-15-16(8-13(12)21)29-9-28-15/h3-8,19H,9H2,1-2H3/p+1/t19-/m1/s1. The van der Waals surface area contributed by atoms with E-state index in [0.29, 0.717) is 38.1 Å². The van der Waals surface area contributed by atoms with Crippen LogP contribution in [0.2, 0.25) is 0 Å². The molecule has 1 aromatic heterocycles. The average Bonchev–Trinajstić information content (AvgIpc) is 3.18. The fraction of sp³-hybridized carbons (Fsp3) is 0.200. The summed E-state index contributed by atoms with van der Waals surface area (Å²) in [7, 11) is 0. The summed E-state index contributed by atoms with van der Waals surface area (Å²) < 4.78 is 13.3. The fourth-order valence-corrected chi connectivity index (χ4v) is 4.71. The van der Waals surface area contributed by atoms with E-state index in [4.69, 9.17) is 9.47 Å². The number of nitrogens with zero attached hydrogens (tertiary/aromatic N) is 3. The van der Waals surface area contributed by atoms with Gasteiger partial charge < -0.3 is 9.47 Å². The minimum absolute atomic E-state index is 0.132. The van der Waals surface area contributed by atoms with Crippen LogP contribution in [0.3, 0.4) is 0 Å². The second kappa shape index (κ2) is 7.13. The SMILES string of the molecule is CSc1n[n+]2c(c(=O)[nH]1)-c1ccccc1N(C(C)=O)[C@H]2c1cc2c(cc1Br)OCO2. The highest BCUT2D eigenvalue weighted by atomic mass is 79.9. The molecule has 3 heterocycles. The first kappa shape index (κ1) is 19.1.